The van der Waals surface area contributed by atoms with E-state index in [2.05, 4.69) is 88.0 Å². The maximum atomic E-state index is 11.0. The Labute approximate surface area is 240 Å². The summed E-state index contributed by atoms with van der Waals surface area (Å²) in [4.78, 5) is 24.7. The Balaban J connectivity index is 1.60. The molecule has 0 saturated carbocycles. The van der Waals surface area contributed by atoms with Gasteiger partial charge in [-0.15, -0.1) is 0 Å². The molecule has 218 valence electrons. The van der Waals surface area contributed by atoms with Gasteiger partial charge >= 0.3 is 0 Å². The molecule has 1 aliphatic rings. The average molecular weight is 584 g/mol. The fourth-order valence-electron chi connectivity index (χ4n) is 4.14. The highest BCUT2D eigenvalue weighted by Gasteiger charge is 2.46. The molecule has 3 heterocycles. The van der Waals surface area contributed by atoms with Crippen LogP contribution in [-0.4, -0.2) is 61.3 Å². The van der Waals surface area contributed by atoms with Gasteiger partial charge < -0.3 is 18.9 Å². The van der Waals surface area contributed by atoms with Crippen LogP contribution in [0.15, 0.2) is 36.9 Å². The van der Waals surface area contributed by atoms with E-state index < -0.39 is 16.6 Å². The fraction of sp³-hybridized carbons (Fsp3) is 0.586. The van der Waals surface area contributed by atoms with Crippen LogP contribution in [0.4, 0.5) is 11.5 Å². The lowest BCUT2D eigenvalue weighted by Crippen LogP contribution is -2.48. The molecular formula is C29H45N5O4Si2. The van der Waals surface area contributed by atoms with Gasteiger partial charge in [0, 0.05) is 17.7 Å². The molecule has 3 aromatic rings. The van der Waals surface area contributed by atoms with Crippen LogP contribution in [0.2, 0.25) is 36.3 Å². The summed E-state index contributed by atoms with van der Waals surface area (Å²) in [5.41, 5.74) is 2.75. The van der Waals surface area contributed by atoms with Crippen LogP contribution < -0.4 is 5.32 Å². The zero-order valence-electron chi connectivity index (χ0n) is 25.6. The predicted molar refractivity (Wildman–Crippen MR) is 164 cm³/mol. The van der Waals surface area contributed by atoms with E-state index >= 15 is 0 Å². The second kappa shape index (κ2) is 11.1. The monoisotopic (exact) mass is 583 g/mol. The molecule has 1 saturated heterocycles. The quantitative estimate of drug-likeness (QED) is 0.211. The molecule has 0 bridgehead atoms. The van der Waals surface area contributed by atoms with Crippen molar-refractivity contribution in [1.82, 2.24) is 19.5 Å². The highest BCUT2D eigenvalue weighted by atomic mass is 28.4. The summed E-state index contributed by atoms with van der Waals surface area (Å²) in [6, 6.07) is 7.19. The number of aromatic nitrogens is 4. The van der Waals surface area contributed by atoms with E-state index in [0.717, 1.165) is 12.0 Å². The van der Waals surface area contributed by atoms with Gasteiger partial charge in [-0.1, -0.05) is 41.5 Å². The Kier molecular flexibility index (Phi) is 8.46. The highest BCUT2D eigenvalue weighted by molar-refractivity contribution is 6.74. The first kappa shape index (κ1) is 30.5. The van der Waals surface area contributed by atoms with Crippen molar-refractivity contribution in [1.29, 1.82) is 0 Å². The van der Waals surface area contributed by atoms with Crippen molar-refractivity contribution in [2.75, 3.05) is 11.9 Å². The van der Waals surface area contributed by atoms with Crippen molar-refractivity contribution in [3.05, 3.63) is 42.5 Å². The first-order chi connectivity index (χ1) is 18.5. The Morgan fingerprint density at radius 1 is 1.00 bits per heavy atom. The topological polar surface area (TPSA) is 100 Å². The Hall–Kier alpha value is -2.45. The molecule has 1 aliphatic heterocycles. The number of rotatable bonds is 9. The fourth-order valence-corrected chi connectivity index (χ4v) is 6.52. The molecule has 1 aromatic carbocycles. The van der Waals surface area contributed by atoms with Gasteiger partial charge in [-0.3, -0.25) is 9.36 Å². The Bertz CT molecular complexity index is 1330. The van der Waals surface area contributed by atoms with E-state index in [9.17, 15) is 4.79 Å². The standard InChI is InChI=1S/C29H45N5O4Si2/c1-28(2,3)39(7,8)36-17-23-22(38-40(9,10)29(4,5)6)15-24(37-23)34-19-32-25-26(30-18-31-27(25)34)33-21-13-11-20(16-35)12-14-21/h11-14,16,18-19,22-24H,15,17H2,1-10H3,(H,30,31,33)/t22-,23+,24+/m0/s1. The molecule has 0 spiro atoms. The first-order valence-corrected chi connectivity index (χ1v) is 19.8. The number of benzene rings is 1. The molecule has 0 radical (unpaired) electrons. The number of carbonyl (C=O) groups excluding carboxylic acids is 1. The summed E-state index contributed by atoms with van der Waals surface area (Å²) in [7, 11) is -4.03. The van der Waals surface area contributed by atoms with Crippen LogP contribution in [-0.2, 0) is 13.6 Å². The molecule has 3 atom stereocenters. The van der Waals surface area contributed by atoms with E-state index in [1.807, 2.05) is 16.7 Å². The lowest BCUT2D eigenvalue weighted by molar-refractivity contribution is -0.0383. The average Bonchev–Trinajstić information content (AvgIpc) is 3.46. The molecule has 9 nitrogen and oxygen atoms in total. The molecule has 4 rings (SSSR count). The maximum Gasteiger partial charge on any atom is 0.192 e. The number of nitrogens with zero attached hydrogens (tertiary/aromatic N) is 4. The van der Waals surface area contributed by atoms with Crippen LogP contribution >= 0.6 is 0 Å². The van der Waals surface area contributed by atoms with Crippen LogP contribution in [0.3, 0.4) is 0 Å². The molecule has 2 aromatic heterocycles. The second-order valence-corrected chi connectivity index (χ2v) is 23.3. The lowest BCUT2D eigenvalue weighted by atomic mass is 10.2. The number of hydrogen-bond acceptors (Lipinski definition) is 8. The summed E-state index contributed by atoms with van der Waals surface area (Å²) in [5, 5.41) is 3.49. The molecule has 40 heavy (non-hydrogen) atoms. The molecule has 1 N–H and O–H groups in total. The van der Waals surface area contributed by atoms with Crippen molar-refractivity contribution in [3.8, 4) is 0 Å². The number of aldehydes is 1. The van der Waals surface area contributed by atoms with Crippen molar-refractivity contribution in [3.63, 3.8) is 0 Å². The Morgan fingerprint density at radius 2 is 1.65 bits per heavy atom. The third-order valence-corrected chi connectivity index (χ3v) is 17.8. The zero-order valence-corrected chi connectivity index (χ0v) is 27.6. The van der Waals surface area contributed by atoms with E-state index in [1.165, 1.54) is 6.33 Å². The van der Waals surface area contributed by atoms with Crippen molar-refractivity contribution < 1.29 is 18.4 Å². The van der Waals surface area contributed by atoms with Crippen LogP contribution in [0, 0.1) is 0 Å². The van der Waals surface area contributed by atoms with Gasteiger partial charge in [0.25, 0.3) is 0 Å². The normalized spacial score (nSPS) is 20.7. The molecule has 11 heteroatoms. The molecule has 1 fully saturated rings. The summed E-state index contributed by atoms with van der Waals surface area (Å²) < 4.78 is 22.2. The van der Waals surface area contributed by atoms with E-state index in [1.54, 1.807) is 18.5 Å². The van der Waals surface area contributed by atoms with Crippen molar-refractivity contribution in [2.45, 2.75) is 103 Å². The van der Waals surface area contributed by atoms with E-state index in [0.29, 0.717) is 35.6 Å². The van der Waals surface area contributed by atoms with Gasteiger partial charge in [0.2, 0.25) is 0 Å². The molecular weight excluding hydrogens is 539 g/mol. The number of hydrogen-bond donors (Lipinski definition) is 1. The minimum absolute atomic E-state index is 0.0787. The number of fused-ring (bicyclic) bond motifs is 1. The number of nitrogens with one attached hydrogen (secondary N) is 1. The molecule has 0 amide bonds. The maximum absolute atomic E-state index is 11.0. The van der Waals surface area contributed by atoms with Gasteiger partial charge in [0.15, 0.2) is 33.6 Å². The van der Waals surface area contributed by atoms with Crippen LogP contribution in [0.1, 0.15) is 64.5 Å². The number of carbonyl (C=O) groups is 1. The van der Waals surface area contributed by atoms with Crippen molar-refractivity contribution in [2.24, 2.45) is 0 Å². The number of ether oxygens (including phenoxy) is 1. The minimum Gasteiger partial charge on any atom is -0.414 e. The molecule has 0 aliphatic carbocycles. The highest BCUT2D eigenvalue weighted by Crippen LogP contribution is 2.43. The van der Waals surface area contributed by atoms with Gasteiger partial charge in [0.1, 0.15) is 24.9 Å². The number of anilines is 2. The third-order valence-electron chi connectivity index (χ3n) is 8.83. The SMILES string of the molecule is CC(C)(C)[Si](C)(C)OC[C@H]1O[C@@H](n2cnc3c(Nc4ccc(C=O)cc4)ncnc32)C[C@@H]1O[Si](C)(C)C(C)(C)C. The van der Waals surface area contributed by atoms with Gasteiger partial charge in [0.05, 0.1) is 19.0 Å². The summed E-state index contributed by atoms with van der Waals surface area (Å²) in [5.74, 6) is 0.590. The van der Waals surface area contributed by atoms with Gasteiger partial charge in [-0.05, 0) is 60.5 Å². The largest absolute Gasteiger partial charge is 0.414 e. The summed E-state index contributed by atoms with van der Waals surface area (Å²) in [6.07, 6.45) is 4.23. The smallest absolute Gasteiger partial charge is 0.192 e. The molecule has 0 unspecified atom stereocenters. The van der Waals surface area contributed by atoms with E-state index in [4.69, 9.17) is 13.6 Å². The van der Waals surface area contributed by atoms with Crippen LogP contribution in [0.25, 0.3) is 11.2 Å². The zero-order chi connectivity index (χ0) is 29.5. The first-order valence-electron chi connectivity index (χ1n) is 14.0. The summed E-state index contributed by atoms with van der Waals surface area (Å²) >= 11 is 0. The minimum atomic E-state index is -2.06. The third kappa shape index (κ3) is 6.38. The van der Waals surface area contributed by atoms with Gasteiger partial charge in [-0.2, -0.15) is 0 Å². The predicted octanol–water partition coefficient (Wildman–Crippen LogP) is 7.08. The summed E-state index contributed by atoms with van der Waals surface area (Å²) in [6.45, 7) is 23.1. The number of imidazole rings is 1. The second-order valence-electron chi connectivity index (χ2n) is 13.8. The van der Waals surface area contributed by atoms with E-state index in [-0.39, 0.29) is 28.5 Å². The lowest BCUT2D eigenvalue weighted by Gasteiger charge is -2.40. The van der Waals surface area contributed by atoms with Crippen LogP contribution in [0.5, 0.6) is 0 Å². The Morgan fingerprint density at radius 3 is 2.25 bits per heavy atom. The van der Waals surface area contributed by atoms with Gasteiger partial charge in [-0.25, -0.2) is 15.0 Å². The van der Waals surface area contributed by atoms with Crippen molar-refractivity contribution >= 4 is 45.6 Å².